The zero-order valence-corrected chi connectivity index (χ0v) is 13.0. The number of carbonyl (C=O) groups is 1. The van der Waals surface area contributed by atoms with Crippen molar-refractivity contribution < 1.29 is 14.3 Å². The Morgan fingerprint density at radius 3 is 2.48 bits per heavy atom. The standard InChI is InChI=1S/C19H21NO3/c21-19(16-11-12-22-13-16)20-18(15-7-3-1-4-8-15)14-23-17-9-5-2-6-10-17/h1-10,16,18H,11-14H2,(H,20,21)/t16-,18-/m1/s1. The highest BCUT2D eigenvalue weighted by Crippen LogP contribution is 2.19. The van der Waals surface area contributed by atoms with Crippen molar-refractivity contribution in [2.24, 2.45) is 5.92 Å². The van der Waals surface area contributed by atoms with Gasteiger partial charge in [0.05, 0.1) is 18.6 Å². The third kappa shape index (κ3) is 4.33. The topological polar surface area (TPSA) is 47.6 Å². The third-order valence-corrected chi connectivity index (χ3v) is 3.98. The minimum Gasteiger partial charge on any atom is -0.491 e. The highest BCUT2D eigenvalue weighted by molar-refractivity contribution is 5.79. The van der Waals surface area contributed by atoms with E-state index in [0.717, 1.165) is 17.7 Å². The molecule has 0 aromatic heterocycles. The summed E-state index contributed by atoms with van der Waals surface area (Å²) in [4.78, 5) is 12.4. The molecule has 1 saturated heterocycles. The van der Waals surface area contributed by atoms with Gasteiger partial charge < -0.3 is 14.8 Å². The fraction of sp³-hybridized carbons (Fsp3) is 0.316. The Balaban J connectivity index is 1.67. The lowest BCUT2D eigenvalue weighted by Gasteiger charge is -2.21. The molecular formula is C19H21NO3. The van der Waals surface area contributed by atoms with Gasteiger partial charge in [-0.15, -0.1) is 0 Å². The maximum absolute atomic E-state index is 12.4. The quantitative estimate of drug-likeness (QED) is 0.892. The van der Waals surface area contributed by atoms with E-state index >= 15 is 0 Å². The molecule has 2 aromatic carbocycles. The molecule has 3 rings (SSSR count). The Hall–Kier alpha value is -2.33. The van der Waals surface area contributed by atoms with Crippen LogP contribution in [0.15, 0.2) is 60.7 Å². The van der Waals surface area contributed by atoms with Crippen LogP contribution in [0.5, 0.6) is 5.75 Å². The van der Waals surface area contributed by atoms with Gasteiger partial charge in [-0.25, -0.2) is 0 Å². The second-order valence-corrected chi connectivity index (χ2v) is 5.66. The summed E-state index contributed by atoms with van der Waals surface area (Å²) >= 11 is 0. The van der Waals surface area contributed by atoms with Crippen LogP contribution in [0.4, 0.5) is 0 Å². The van der Waals surface area contributed by atoms with Crippen molar-refractivity contribution in [3.8, 4) is 5.75 Å². The van der Waals surface area contributed by atoms with Gasteiger partial charge in [0.15, 0.2) is 0 Å². The van der Waals surface area contributed by atoms with Crippen LogP contribution < -0.4 is 10.1 Å². The Labute approximate surface area is 136 Å². The van der Waals surface area contributed by atoms with E-state index in [1.54, 1.807) is 0 Å². The Morgan fingerprint density at radius 2 is 1.83 bits per heavy atom. The van der Waals surface area contributed by atoms with Crippen molar-refractivity contribution >= 4 is 5.91 Å². The molecule has 0 spiro atoms. The predicted octanol–water partition coefficient (Wildman–Crippen LogP) is 2.96. The Bertz CT molecular complexity index is 609. The largest absolute Gasteiger partial charge is 0.491 e. The van der Waals surface area contributed by atoms with Crippen LogP contribution in [0.25, 0.3) is 0 Å². The number of hydrogen-bond donors (Lipinski definition) is 1. The van der Waals surface area contributed by atoms with Crippen molar-refractivity contribution in [3.63, 3.8) is 0 Å². The maximum atomic E-state index is 12.4. The van der Waals surface area contributed by atoms with E-state index in [9.17, 15) is 4.79 Å². The van der Waals surface area contributed by atoms with Crippen LogP contribution >= 0.6 is 0 Å². The molecule has 0 aliphatic carbocycles. The first-order chi connectivity index (χ1) is 11.3. The summed E-state index contributed by atoms with van der Waals surface area (Å²) in [6.07, 6.45) is 0.785. The molecular weight excluding hydrogens is 290 g/mol. The number of para-hydroxylation sites is 1. The van der Waals surface area contributed by atoms with Crippen LogP contribution in [0.1, 0.15) is 18.0 Å². The average molecular weight is 311 g/mol. The lowest BCUT2D eigenvalue weighted by Crippen LogP contribution is -2.37. The molecule has 0 bridgehead atoms. The SMILES string of the molecule is O=C(N[C@H](COc1ccccc1)c1ccccc1)[C@@H]1CCOC1. The molecule has 1 fully saturated rings. The van der Waals surface area contributed by atoms with Crippen molar-refractivity contribution in [2.75, 3.05) is 19.8 Å². The minimum absolute atomic E-state index is 0.0352. The molecule has 1 heterocycles. The van der Waals surface area contributed by atoms with Gasteiger partial charge in [-0.1, -0.05) is 48.5 Å². The summed E-state index contributed by atoms with van der Waals surface area (Å²) in [5.74, 6) is 0.776. The molecule has 23 heavy (non-hydrogen) atoms. The van der Waals surface area contributed by atoms with E-state index in [-0.39, 0.29) is 17.9 Å². The number of amides is 1. The molecule has 0 saturated carbocycles. The normalized spacial score (nSPS) is 18.3. The average Bonchev–Trinajstić information content (AvgIpc) is 3.15. The summed E-state index contributed by atoms with van der Waals surface area (Å²) < 4.78 is 11.1. The monoisotopic (exact) mass is 311 g/mol. The van der Waals surface area contributed by atoms with Crippen molar-refractivity contribution in [3.05, 3.63) is 66.2 Å². The van der Waals surface area contributed by atoms with Gasteiger partial charge >= 0.3 is 0 Å². The molecule has 2 atom stereocenters. The lowest BCUT2D eigenvalue weighted by atomic mass is 10.0. The molecule has 0 radical (unpaired) electrons. The number of nitrogens with one attached hydrogen (secondary N) is 1. The van der Waals surface area contributed by atoms with Crippen molar-refractivity contribution in [1.29, 1.82) is 0 Å². The second kappa shape index (κ2) is 7.79. The van der Waals surface area contributed by atoms with Crippen LogP contribution in [-0.2, 0) is 9.53 Å². The fourth-order valence-electron chi connectivity index (χ4n) is 2.63. The van der Waals surface area contributed by atoms with Gasteiger partial charge in [-0.2, -0.15) is 0 Å². The first-order valence-corrected chi connectivity index (χ1v) is 7.94. The lowest BCUT2D eigenvalue weighted by molar-refractivity contribution is -0.126. The number of rotatable bonds is 6. The van der Waals surface area contributed by atoms with Crippen LogP contribution in [0.3, 0.4) is 0 Å². The molecule has 4 heteroatoms. The smallest absolute Gasteiger partial charge is 0.226 e. The Kier molecular flexibility index (Phi) is 5.27. The minimum atomic E-state index is -0.176. The summed E-state index contributed by atoms with van der Waals surface area (Å²) in [6, 6.07) is 19.4. The van der Waals surface area contributed by atoms with Gasteiger partial charge in [0.2, 0.25) is 5.91 Å². The summed E-state index contributed by atoms with van der Waals surface area (Å²) in [5.41, 5.74) is 1.04. The fourth-order valence-corrected chi connectivity index (χ4v) is 2.63. The van der Waals surface area contributed by atoms with Gasteiger partial charge in [-0.3, -0.25) is 4.79 Å². The van der Waals surface area contributed by atoms with E-state index in [4.69, 9.17) is 9.47 Å². The predicted molar refractivity (Wildman–Crippen MR) is 88.2 cm³/mol. The van der Waals surface area contributed by atoms with E-state index in [1.807, 2.05) is 60.7 Å². The zero-order valence-electron chi connectivity index (χ0n) is 13.0. The highest BCUT2D eigenvalue weighted by Gasteiger charge is 2.26. The number of carbonyl (C=O) groups excluding carboxylic acids is 1. The molecule has 0 unspecified atom stereocenters. The van der Waals surface area contributed by atoms with Crippen LogP contribution in [-0.4, -0.2) is 25.7 Å². The highest BCUT2D eigenvalue weighted by atomic mass is 16.5. The molecule has 4 nitrogen and oxygen atoms in total. The van der Waals surface area contributed by atoms with Gasteiger partial charge in [0.25, 0.3) is 0 Å². The Morgan fingerprint density at radius 1 is 1.13 bits per heavy atom. The second-order valence-electron chi connectivity index (χ2n) is 5.66. The van der Waals surface area contributed by atoms with Crippen LogP contribution in [0.2, 0.25) is 0 Å². The summed E-state index contributed by atoms with van der Waals surface area (Å²) in [7, 11) is 0. The van der Waals surface area contributed by atoms with Crippen molar-refractivity contribution in [2.45, 2.75) is 12.5 Å². The number of hydrogen-bond acceptors (Lipinski definition) is 3. The number of benzene rings is 2. The van der Waals surface area contributed by atoms with Crippen molar-refractivity contribution in [1.82, 2.24) is 5.32 Å². The molecule has 1 N–H and O–H groups in total. The molecule has 2 aromatic rings. The summed E-state index contributed by atoms with van der Waals surface area (Å²) in [5, 5.41) is 3.10. The summed E-state index contributed by atoms with van der Waals surface area (Å²) in [6.45, 7) is 1.56. The maximum Gasteiger partial charge on any atom is 0.226 e. The first-order valence-electron chi connectivity index (χ1n) is 7.94. The first kappa shape index (κ1) is 15.6. The van der Waals surface area contributed by atoms with E-state index < -0.39 is 0 Å². The molecule has 1 aliphatic rings. The van der Waals surface area contributed by atoms with E-state index in [1.165, 1.54) is 0 Å². The number of ether oxygens (including phenoxy) is 2. The van der Waals surface area contributed by atoms with E-state index in [0.29, 0.717) is 19.8 Å². The van der Waals surface area contributed by atoms with Crippen LogP contribution in [0, 0.1) is 5.92 Å². The van der Waals surface area contributed by atoms with Gasteiger partial charge in [0, 0.05) is 6.61 Å². The molecule has 120 valence electrons. The third-order valence-electron chi connectivity index (χ3n) is 3.98. The zero-order chi connectivity index (χ0) is 15.9. The van der Waals surface area contributed by atoms with Gasteiger partial charge in [0.1, 0.15) is 12.4 Å². The van der Waals surface area contributed by atoms with Gasteiger partial charge in [-0.05, 0) is 24.1 Å². The molecule has 1 aliphatic heterocycles. The van der Waals surface area contributed by atoms with E-state index in [2.05, 4.69) is 5.32 Å². The molecule has 1 amide bonds.